The molecule has 0 spiro atoms. The number of nitrogens with one attached hydrogen (secondary N) is 3. The van der Waals surface area contributed by atoms with Crippen molar-refractivity contribution in [3.63, 3.8) is 0 Å². The second-order valence-corrected chi connectivity index (χ2v) is 8.50. The fourth-order valence-corrected chi connectivity index (χ4v) is 4.18. The van der Waals surface area contributed by atoms with E-state index in [0.29, 0.717) is 35.0 Å². The van der Waals surface area contributed by atoms with Crippen LogP contribution in [-0.4, -0.2) is 38.9 Å². The van der Waals surface area contributed by atoms with E-state index in [9.17, 15) is 4.79 Å². The second-order valence-electron chi connectivity index (χ2n) is 8.10. The van der Waals surface area contributed by atoms with E-state index in [1.54, 1.807) is 37.6 Å². The van der Waals surface area contributed by atoms with Gasteiger partial charge in [-0.05, 0) is 49.4 Å². The van der Waals surface area contributed by atoms with Gasteiger partial charge >= 0.3 is 0 Å². The van der Waals surface area contributed by atoms with Gasteiger partial charge in [0.25, 0.3) is 0 Å². The van der Waals surface area contributed by atoms with Gasteiger partial charge in [-0.15, -0.1) is 0 Å². The van der Waals surface area contributed by atoms with Gasteiger partial charge < -0.3 is 16.0 Å². The number of benzene rings is 1. The Morgan fingerprint density at radius 2 is 1.94 bits per heavy atom. The minimum absolute atomic E-state index is 0.0280. The van der Waals surface area contributed by atoms with Gasteiger partial charge in [-0.25, -0.2) is 4.85 Å². The van der Waals surface area contributed by atoms with Gasteiger partial charge in [0.2, 0.25) is 17.8 Å². The van der Waals surface area contributed by atoms with Crippen LogP contribution in [0.3, 0.4) is 0 Å². The van der Waals surface area contributed by atoms with E-state index in [-0.39, 0.29) is 17.9 Å². The largest absolute Gasteiger partial charge is 0.357 e. The molecule has 2 heterocycles. The van der Waals surface area contributed by atoms with Crippen molar-refractivity contribution < 1.29 is 4.79 Å². The van der Waals surface area contributed by atoms with Crippen LogP contribution in [0.5, 0.6) is 0 Å². The average Bonchev–Trinajstić information content (AvgIpc) is 2.88. The van der Waals surface area contributed by atoms with E-state index in [1.165, 1.54) is 0 Å². The van der Waals surface area contributed by atoms with Crippen LogP contribution in [0.4, 0.5) is 17.6 Å². The van der Waals surface area contributed by atoms with Crippen molar-refractivity contribution in [2.45, 2.75) is 38.3 Å². The highest BCUT2D eigenvalue weighted by molar-refractivity contribution is 6.31. The molecule has 2 aromatic heterocycles. The molecule has 1 aliphatic carbocycles. The molecule has 0 bridgehead atoms. The lowest BCUT2D eigenvalue weighted by molar-refractivity contribution is -0.126. The summed E-state index contributed by atoms with van der Waals surface area (Å²) in [5.41, 5.74) is 2.10. The molecule has 10 heteroatoms. The van der Waals surface area contributed by atoms with Crippen LogP contribution in [0, 0.1) is 12.5 Å². The van der Waals surface area contributed by atoms with Gasteiger partial charge in [-0.2, -0.15) is 15.0 Å². The maximum Gasteiger partial charge on any atom is 0.228 e. The summed E-state index contributed by atoms with van der Waals surface area (Å²) in [7, 11) is 1.77. The van der Waals surface area contributed by atoms with Crippen LogP contribution >= 0.6 is 11.6 Å². The predicted molar refractivity (Wildman–Crippen MR) is 132 cm³/mol. The number of hydrogen-bond donors (Lipinski definition) is 3. The maximum atomic E-state index is 12.7. The summed E-state index contributed by atoms with van der Waals surface area (Å²) in [5.74, 6) is 1.51. The SMILES string of the molecule is [C-]#[N+]c1ccc(CNC(=O)[C@H]2CC[C@@H](Nc3nc(NC)nc(-c4cccnc4)n3)CC2)c(Cl)c1. The van der Waals surface area contributed by atoms with E-state index in [4.69, 9.17) is 18.2 Å². The van der Waals surface area contributed by atoms with Gasteiger partial charge in [0, 0.05) is 48.5 Å². The van der Waals surface area contributed by atoms with E-state index < -0.39 is 0 Å². The molecule has 1 aliphatic rings. The van der Waals surface area contributed by atoms with Gasteiger partial charge in [-0.1, -0.05) is 23.7 Å². The van der Waals surface area contributed by atoms with Crippen molar-refractivity contribution in [2.24, 2.45) is 5.92 Å². The van der Waals surface area contributed by atoms with E-state index in [0.717, 1.165) is 36.8 Å². The Labute approximate surface area is 203 Å². The Bertz CT molecular complexity index is 1190. The number of anilines is 2. The number of nitrogens with zero attached hydrogens (tertiary/aromatic N) is 5. The second kappa shape index (κ2) is 10.9. The molecule has 174 valence electrons. The molecule has 9 nitrogen and oxygen atoms in total. The van der Waals surface area contributed by atoms with E-state index in [2.05, 4.69) is 40.7 Å². The van der Waals surface area contributed by atoms with Gasteiger partial charge in [0.15, 0.2) is 11.5 Å². The predicted octanol–water partition coefficient (Wildman–Crippen LogP) is 4.47. The number of carbonyl (C=O) groups is 1. The highest BCUT2D eigenvalue weighted by Crippen LogP contribution is 2.28. The summed E-state index contributed by atoms with van der Waals surface area (Å²) in [6.45, 7) is 7.40. The minimum Gasteiger partial charge on any atom is -0.357 e. The van der Waals surface area contributed by atoms with Crippen molar-refractivity contribution in [3.05, 3.63) is 64.7 Å². The number of amides is 1. The topological polar surface area (TPSA) is 109 Å². The number of carbonyl (C=O) groups excluding carboxylic acids is 1. The smallest absolute Gasteiger partial charge is 0.228 e. The third-order valence-corrected chi connectivity index (χ3v) is 6.18. The van der Waals surface area contributed by atoms with Gasteiger partial charge in [0.05, 0.1) is 6.57 Å². The zero-order valence-corrected chi connectivity index (χ0v) is 19.5. The fourth-order valence-electron chi connectivity index (χ4n) is 3.93. The van der Waals surface area contributed by atoms with Crippen molar-refractivity contribution in [3.8, 4) is 11.4 Å². The van der Waals surface area contributed by atoms with Crippen LogP contribution < -0.4 is 16.0 Å². The monoisotopic (exact) mass is 476 g/mol. The molecule has 1 fully saturated rings. The zero-order chi connectivity index (χ0) is 23.9. The van der Waals surface area contributed by atoms with Crippen LogP contribution in [0.2, 0.25) is 5.02 Å². The average molecular weight is 477 g/mol. The third-order valence-electron chi connectivity index (χ3n) is 5.83. The Hall–Kier alpha value is -3.77. The van der Waals surface area contributed by atoms with Crippen molar-refractivity contribution >= 4 is 35.1 Å². The molecule has 3 aromatic rings. The lowest BCUT2D eigenvalue weighted by atomic mass is 9.85. The van der Waals surface area contributed by atoms with Crippen LogP contribution in [0.15, 0.2) is 42.7 Å². The molecule has 3 N–H and O–H groups in total. The molecule has 0 saturated heterocycles. The Morgan fingerprint density at radius 1 is 1.15 bits per heavy atom. The number of hydrogen-bond acceptors (Lipinski definition) is 7. The Kier molecular flexibility index (Phi) is 7.50. The number of aromatic nitrogens is 4. The quantitative estimate of drug-likeness (QED) is 0.432. The molecule has 4 rings (SSSR count). The van der Waals surface area contributed by atoms with Gasteiger partial charge in [-0.3, -0.25) is 9.78 Å². The van der Waals surface area contributed by atoms with E-state index >= 15 is 0 Å². The number of halogens is 1. The first-order valence-electron chi connectivity index (χ1n) is 11.1. The molecule has 0 aliphatic heterocycles. The van der Waals surface area contributed by atoms with Crippen molar-refractivity contribution in [2.75, 3.05) is 17.7 Å². The summed E-state index contributed by atoms with van der Waals surface area (Å²) in [5, 5.41) is 9.86. The standard InChI is InChI=1S/C24H25ClN8O/c1-26-19-10-7-16(20(25)12-19)14-29-22(34)15-5-8-18(9-6-15)30-24-32-21(31-23(27-2)33-24)17-4-3-11-28-13-17/h3-4,7,10-13,15,18H,5-6,8-9,14H2,2H3,(H,29,34)(H2,27,30,31,32,33)/t15-,18+. The molecular formula is C24H25ClN8O. The normalized spacial score (nSPS) is 17.4. The molecule has 0 radical (unpaired) electrons. The molecule has 1 aromatic carbocycles. The zero-order valence-electron chi connectivity index (χ0n) is 18.8. The maximum absolute atomic E-state index is 12.7. The molecular weight excluding hydrogens is 452 g/mol. The molecule has 0 atom stereocenters. The van der Waals surface area contributed by atoms with Crippen LogP contribution in [0.1, 0.15) is 31.2 Å². The van der Waals surface area contributed by atoms with E-state index in [1.807, 2.05) is 12.1 Å². The first kappa shape index (κ1) is 23.4. The molecule has 1 saturated carbocycles. The highest BCUT2D eigenvalue weighted by atomic mass is 35.5. The fraction of sp³-hybridized carbons (Fsp3) is 0.333. The Morgan fingerprint density at radius 3 is 2.62 bits per heavy atom. The summed E-state index contributed by atoms with van der Waals surface area (Å²) in [6, 6.07) is 9.03. The third kappa shape index (κ3) is 5.77. The summed E-state index contributed by atoms with van der Waals surface area (Å²) >= 11 is 6.22. The first-order valence-corrected chi connectivity index (χ1v) is 11.5. The summed E-state index contributed by atoms with van der Waals surface area (Å²) in [4.78, 5) is 33.6. The number of pyridine rings is 1. The minimum atomic E-state index is -0.0449. The lowest BCUT2D eigenvalue weighted by Crippen LogP contribution is -2.36. The lowest BCUT2D eigenvalue weighted by Gasteiger charge is -2.28. The molecule has 34 heavy (non-hydrogen) atoms. The molecule has 1 amide bonds. The number of rotatable bonds is 7. The Balaban J connectivity index is 1.32. The first-order chi connectivity index (χ1) is 16.6. The van der Waals surface area contributed by atoms with Crippen molar-refractivity contribution in [1.82, 2.24) is 25.3 Å². The molecule has 0 unspecified atom stereocenters. The summed E-state index contributed by atoms with van der Waals surface area (Å²) < 4.78 is 0. The summed E-state index contributed by atoms with van der Waals surface area (Å²) in [6.07, 6.45) is 6.63. The highest BCUT2D eigenvalue weighted by Gasteiger charge is 2.27. The van der Waals surface area contributed by atoms with Crippen LogP contribution in [0.25, 0.3) is 16.2 Å². The van der Waals surface area contributed by atoms with Crippen LogP contribution in [-0.2, 0) is 11.3 Å². The van der Waals surface area contributed by atoms with Crippen molar-refractivity contribution in [1.29, 1.82) is 0 Å². The van der Waals surface area contributed by atoms with Gasteiger partial charge in [0.1, 0.15) is 0 Å².